The molecule has 15 heavy (non-hydrogen) atoms. The SMILES string of the molecule is CC1(c2ccccc2Br)CC(O)CN1.Cl. The summed E-state index contributed by atoms with van der Waals surface area (Å²) < 4.78 is 1.10. The zero-order valence-corrected chi connectivity index (χ0v) is 10.9. The van der Waals surface area contributed by atoms with Crippen molar-refractivity contribution >= 4 is 28.3 Å². The molecule has 2 unspecified atom stereocenters. The Labute approximate surface area is 105 Å². The van der Waals surface area contributed by atoms with E-state index in [0.29, 0.717) is 6.54 Å². The first-order chi connectivity index (χ1) is 6.62. The molecule has 2 rings (SSSR count). The van der Waals surface area contributed by atoms with E-state index in [1.807, 2.05) is 18.2 Å². The van der Waals surface area contributed by atoms with Gasteiger partial charge in [0.25, 0.3) is 0 Å². The normalized spacial score (nSPS) is 29.9. The van der Waals surface area contributed by atoms with E-state index >= 15 is 0 Å². The summed E-state index contributed by atoms with van der Waals surface area (Å²) in [5.41, 5.74) is 1.12. The van der Waals surface area contributed by atoms with E-state index < -0.39 is 0 Å². The highest BCUT2D eigenvalue weighted by Crippen LogP contribution is 2.34. The Morgan fingerprint density at radius 1 is 1.47 bits per heavy atom. The fourth-order valence-corrected chi connectivity index (χ4v) is 2.79. The lowest BCUT2D eigenvalue weighted by atomic mass is 9.90. The first-order valence-corrected chi connectivity index (χ1v) is 5.59. The third-order valence-corrected chi connectivity index (χ3v) is 3.53. The molecule has 1 heterocycles. The summed E-state index contributed by atoms with van der Waals surface area (Å²) in [6.07, 6.45) is 0.544. The first kappa shape index (κ1) is 13.0. The van der Waals surface area contributed by atoms with Crippen LogP contribution in [0.3, 0.4) is 0 Å². The average Bonchev–Trinajstić information content (AvgIpc) is 2.48. The van der Waals surface area contributed by atoms with Crippen molar-refractivity contribution in [3.63, 3.8) is 0 Å². The van der Waals surface area contributed by atoms with Crippen molar-refractivity contribution in [1.82, 2.24) is 5.32 Å². The van der Waals surface area contributed by atoms with Gasteiger partial charge in [-0.25, -0.2) is 0 Å². The zero-order chi connectivity index (χ0) is 10.2. The van der Waals surface area contributed by atoms with Crippen LogP contribution in [0.15, 0.2) is 28.7 Å². The van der Waals surface area contributed by atoms with Gasteiger partial charge in [-0.15, -0.1) is 12.4 Å². The van der Waals surface area contributed by atoms with Gasteiger partial charge in [0, 0.05) is 16.6 Å². The summed E-state index contributed by atoms with van der Waals surface area (Å²) >= 11 is 3.54. The maximum Gasteiger partial charge on any atom is 0.0685 e. The van der Waals surface area contributed by atoms with Crippen molar-refractivity contribution < 1.29 is 5.11 Å². The molecule has 1 saturated heterocycles. The predicted octanol–water partition coefficient (Wildman–Crippen LogP) is 2.44. The smallest absolute Gasteiger partial charge is 0.0685 e. The molecule has 0 radical (unpaired) electrons. The summed E-state index contributed by atoms with van der Waals surface area (Å²) in [6, 6.07) is 8.15. The molecule has 1 aliphatic heterocycles. The lowest BCUT2D eigenvalue weighted by Crippen LogP contribution is -2.33. The average molecular weight is 293 g/mol. The van der Waals surface area contributed by atoms with Crippen molar-refractivity contribution in [2.75, 3.05) is 6.54 Å². The van der Waals surface area contributed by atoms with Crippen molar-refractivity contribution in [3.05, 3.63) is 34.3 Å². The molecule has 0 bridgehead atoms. The topological polar surface area (TPSA) is 32.3 Å². The number of aliphatic hydroxyl groups excluding tert-OH is 1. The Bertz CT molecular complexity index is 347. The van der Waals surface area contributed by atoms with Crippen molar-refractivity contribution in [1.29, 1.82) is 0 Å². The molecule has 1 fully saturated rings. The maximum atomic E-state index is 9.54. The Balaban J connectivity index is 0.00000112. The van der Waals surface area contributed by atoms with Gasteiger partial charge in [0.05, 0.1) is 6.10 Å². The molecular weight excluding hydrogens is 277 g/mol. The molecule has 0 aromatic heterocycles. The van der Waals surface area contributed by atoms with Gasteiger partial charge in [-0.3, -0.25) is 0 Å². The number of rotatable bonds is 1. The molecule has 84 valence electrons. The summed E-state index contributed by atoms with van der Waals surface area (Å²) in [7, 11) is 0. The first-order valence-electron chi connectivity index (χ1n) is 4.80. The third kappa shape index (κ3) is 2.53. The number of hydrogen-bond acceptors (Lipinski definition) is 2. The number of halogens is 2. The van der Waals surface area contributed by atoms with Crippen molar-refractivity contribution in [2.24, 2.45) is 0 Å². The van der Waals surface area contributed by atoms with Crippen LogP contribution in [0.5, 0.6) is 0 Å². The molecule has 2 nitrogen and oxygen atoms in total. The van der Waals surface area contributed by atoms with Crippen LogP contribution < -0.4 is 5.32 Å². The van der Waals surface area contributed by atoms with Gasteiger partial charge in [0.1, 0.15) is 0 Å². The van der Waals surface area contributed by atoms with Crippen molar-refractivity contribution in [3.8, 4) is 0 Å². The van der Waals surface area contributed by atoms with E-state index in [1.165, 1.54) is 5.56 Å². The number of nitrogens with one attached hydrogen (secondary N) is 1. The molecule has 2 N–H and O–H groups in total. The van der Waals surface area contributed by atoms with Crippen molar-refractivity contribution in [2.45, 2.75) is 25.0 Å². The molecule has 1 aliphatic rings. The lowest BCUT2D eigenvalue weighted by Gasteiger charge is -2.26. The number of hydrogen-bond donors (Lipinski definition) is 2. The van der Waals surface area contributed by atoms with Gasteiger partial charge in [0.15, 0.2) is 0 Å². The largest absolute Gasteiger partial charge is 0.392 e. The Hall–Kier alpha value is -0.0900. The second-order valence-corrected chi connectivity index (χ2v) is 4.91. The highest BCUT2D eigenvalue weighted by Gasteiger charge is 2.36. The van der Waals surface area contributed by atoms with Gasteiger partial charge < -0.3 is 10.4 Å². The molecule has 1 aromatic rings. The quantitative estimate of drug-likeness (QED) is 0.833. The van der Waals surface area contributed by atoms with Crippen LogP contribution in [0.25, 0.3) is 0 Å². The Morgan fingerprint density at radius 3 is 2.67 bits per heavy atom. The Morgan fingerprint density at radius 2 is 2.13 bits per heavy atom. The van der Waals surface area contributed by atoms with E-state index in [1.54, 1.807) is 0 Å². The van der Waals surface area contributed by atoms with Crippen LogP contribution in [0.2, 0.25) is 0 Å². The summed E-state index contributed by atoms with van der Waals surface area (Å²) in [5, 5.41) is 12.9. The van der Waals surface area contributed by atoms with Gasteiger partial charge >= 0.3 is 0 Å². The zero-order valence-electron chi connectivity index (χ0n) is 8.53. The van der Waals surface area contributed by atoms with Crippen LogP contribution in [-0.4, -0.2) is 17.8 Å². The molecule has 0 amide bonds. The van der Waals surface area contributed by atoms with E-state index in [9.17, 15) is 5.11 Å². The van der Waals surface area contributed by atoms with Gasteiger partial charge in [-0.1, -0.05) is 34.1 Å². The third-order valence-electron chi connectivity index (χ3n) is 2.84. The molecule has 4 heteroatoms. The van der Waals surface area contributed by atoms with Gasteiger partial charge in [0.2, 0.25) is 0 Å². The minimum atomic E-state index is -0.230. The lowest BCUT2D eigenvalue weighted by molar-refractivity contribution is 0.186. The highest BCUT2D eigenvalue weighted by atomic mass is 79.9. The second-order valence-electron chi connectivity index (χ2n) is 4.05. The van der Waals surface area contributed by atoms with E-state index in [2.05, 4.69) is 34.2 Å². The minimum absolute atomic E-state index is 0. The predicted molar refractivity (Wildman–Crippen MR) is 67.4 cm³/mol. The number of β-amino-alcohol motifs (C(OH)–C–C–N with tert-alkyl or cyclic N) is 1. The highest BCUT2D eigenvalue weighted by molar-refractivity contribution is 9.10. The number of benzene rings is 1. The van der Waals surface area contributed by atoms with Crippen LogP contribution in [0.4, 0.5) is 0 Å². The monoisotopic (exact) mass is 291 g/mol. The molecule has 0 aliphatic carbocycles. The summed E-state index contributed by atoms with van der Waals surface area (Å²) in [4.78, 5) is 0. The van der Waals surface area contributed by atoms with Crippen LogP contribution >= 0.6 is 28.3 Å². The van der Waals surface area contributed by atoms with Crippen LogP contribution in [-0.2, 0) is 5.54 Å². The summed E-state index contributed by atoms with van der Waals surface area (Å²) in [5.74, 6) is 0. The maximum absolute atomic E-state index is 9.54. The van der Waals surface area contributed by atoms with E-state index in [0.717, 1.165) is 10.9 Å². The molecule has 2 atom stereocenters. The molecular formula is C11H15BrClNO. The molecule has 1 aromatic carbocycles. The number of aliphatic hydroxyl groups is 1. The fourth-order valence-electron chi connectivity index (χ4n) is 2.07. The summed E-state index contributed by atoms with van der Waals surface area (Å²) in [6.45, 7) is 2.81. The second kappa shape index (κ2) is 4.83. The standard InChI is InChI=1S/C11H14BrNO.ClH/c1-11(6-8(14)7-13-11)9-4-2-3-5-10(9)12;/h2-5,8,13-14H,6-7H2,1H3;1H. The van der Waals surface area contributed by atoms with E-state index in [-0.39, 0.29) is 24.0 Å². The van der Waals surface area contributed by atoms with Crippen LogP contribution in [0, 0.1) is 0 Å². The van der Waals surface area contributed by atoms with Gasteiger partial charge in [-0.2, -0.15) is 0 Å². The molecule has 0 spiro atoms. The fraction of sp³-hybridized carbons (Fsp3) is 0.455. The molecule has 0 saturated carbocycles. The Kier molecular flexibility index (Phi) is 4.18. The minimum Gasteiger partial charge on any atom is -0.392 e. The van der Waals surface area contributed by atoms with Gasteiger partial charge in [-0.05, 0) is 25.0 Å². The van der Waals surface area contributed by atoms with Crippen LogP contribution in [0.1, 0.15) is 18.9 Å². The van der Waals surface area contributed by atoms with E-state index in [4.69, 9.17) is 0 Å².